The number of esters is 1. The molecule has 1 aliphatic heterocycles. The van der Waals surface area contributed by atoms with Crippen LogP contribution in [0.4, 0.5) is 5.82 Å². The van der Waals surface area contributed by atoms with E-state index < -0.39 is 5.54 Å². The molecule has 44 heavy (non-hydrogen) atoms. The van der Waals surface area contributed by atoms with Crippen molar-refractivity contribution in [1.82, 2.24) is 35.1 Å². The van der Waals surface area contributed by atoms with Crippen LogP contribution >= 0.6 is 0 Å². The predicted molar refractivity (Wildman–Crippen MR) is 167 cm³/mol. The normalized spacial score (nSPS) is 18.5. The molecule has 2 unspecified atom stereocenters. The molecule has 230 valence electrons. The number of nitrogens with one attached hydrogen (secondary N) is 2. The van der Waals surface area contributed by atoms with Gasteiger partial charge in [-0.05, 0) is 56.9 Å². The van der Waals surface area contributed by atoms with E-state index in [0.29, 0.717) is 50.7 Å². The molecule has 12 heteroatoms. The van der Waals surface area contributed by atoms with E-state index in [1.54, 1.807) is 19.5 Å². The molecule has 5 aromatic rings. The fourth-order valence-corrected chi connectivity index (χ4v) is 6.09. The van der Waals surface area contributed by atoms with Gasteiger partial charge in [-0.25, -0.2) is 14.5 Å². The summed E-state index contributed by atoms with van der Waals surface area (Å²) >= 11 is 0. The van der Waals surface area contributed by atoms with E-state index in [-0.39, 0.29) is 12.0 Å². The zero-order valence-electron chi connectivity index (χ0n) is 25.5. The monoisotopic (exact) mass is 598 g/mol. The minimum atomic E-state index is -0.809. The number of aromatic amines is 1. The summed E-state index contributed by atoms with van der Waals surface area (Å²) in [5.74, 6) is 1.94. The summed E-state index contributed by atoms with van der Waals surface area (Å²) in [5, 5.41) is 16.2. The Labute approximate surface area is 255 Å². The van der Waals surface area contributed by atoms with Gasteiger partial charge in [0.2, 0.25) is 5.88 Å². The molecule has 2 atom stereocenters. The van der Waals surface area contributed by atoms with Crippen LogP contribution in [0.5, 0.6) is 11.6 Å². The van der Waals surface area contributed by atoms with Gasteiger partial charge in [-0.15, -0.1) is 5.10 Å². The van der Waals surface area contributed by atoms with Gasteiger partial charge in [-0.2, -0.15) is 5.10 Å². The molecule has 0 saturated carbocycles. The van der Waals surface area contributed by atoms with Gasteiger partial charge in [-0.3, -0.25) is 15.2 Å². The van der Waals surface area contributed by atoms with E-state index in [0.717, 1.165) is 45.6 Å². The molecule has 0 radical (unpaired) electrons. The van der Waals surface area contributed by atoms with Crippen molar-refractivity contribution in [3.8, 4) is 22.8 Å². The summed E-state index contributed by atoms with van der Waals surface area (Å²) in [7, 11) is 1.59. The molecule has 2 N–H and O–H groups in total. The van der Waals surface area contributed by atoms with Crippen molar-refractivity contribution in [2.75, 3.05) is 31.8 Å². The number of hydrogen-bond donors (Lipinski definition) is 2. The number of ether oxygens (including phenoxy) is 3. The first-order valence-electron chi connectivity index (χ1n) is 15.1. The quantitative estimate of drug-likeness (QED) is 0.209. The molecule has 1 fully saturated rings. The largest absolute Gasteiger partial charge is 0.492 e. The van der Waals surface area contributed by atoms with Crippen LogP contribution in [-0.2, 0) is 16.1 Å². The number of fused-ring (bicyclic) bond motifs is 3. The number of hydrogen-bond acceptors (Lipinski definition) is 10. The Morgan fingerprint density at radius 1 is 1.11 bits per heavy atom. The van der Waals surface area contributed by atoms with Gasteiger partial charge in [0.1, 0.15) is 17.1 Å². The van der Waals surface area contributed by atoms with Crippen LogP contribution in [0.1, 0.15) is 45.6 Å². The Morgan fingerprint density at radius 2 is 2.00 bits per heavy atom. The van der Waals surface area contributed by atoms with E-state index in [1.807, 2.05) is 49.0 Å². The lowest BCUT2D eigenvalue weighted by Gasteiger charge is -2.46. The molecule has 0 spiro atoms. The van der Waals surface area contributed by atoms with E-state index in [4.69, 9.17) is 19.2 Å². The maximum atomic E-state index is 13.4. The van der Waals surface area contributed by atoms with Crippen LogP contribution < -0.4 is 19.7 Å². The van der Waals surface area contributed by atoms with Crippen LogP contribution in [0.2, 0.25) is 0 Å². The average molecular weight is 599 g/mol. The third-order valence-electron chi connectivity index (χ3n) is 8.35. The predicted octanol–water partition coefficient (Wildman–Crippen LogP) is 4.55. The first-order valence-corrected chi connectivity index (χ1v) is 15.1. The van der Waals surface area contributed by atoms with Gasteiger partial charge in [0.15, 0.2) is 5.65 Å². The second-order valence-electron chi connectivity index (χ2n) is 10.9. The molecule has 0 aliphatic carbocycles. The van der Waals surface area contributed by atoms with Crippen LogP contribution in [0.25, 0.3) is 27.7 Å². The lowest BCUT2D eigenvalue weighted by molar-refractivity contribution is -0.153. The minimum Gasteiger partial charge on any atom is -0.492 e. The molecule has 0 aromatic carbocycles. The minimum absolute atomic E-state index is 0.0846. The summed E-state index contributed by atoms with van der Waals surface area (Å²) in [6, 6.07) is 10.0. The molecule has 1 aliphatic rings. The number of methoxy groups -OCH3 is 1. The lowest BCUT2D eigenvalue weighted by atomic mass is 9.81. The molecule has 1 saturated heterocycles. The molecule has 5 aromatic heterocycles. The van der Waals surface area contributed by atoms with Crippen molar-refractivity contribution >= 4 is 28.3 Å². The standard InChI is InChI=1S/C32H38N8O4/c1-5-23-15-32(31(41)44-7-3,35-17-21-8-11-28(42-4)34-16-21)12-13-39(23)27-10-9-22(18-33-27)25-14-24(43-6-2)20-40-29(25)26-19-36-37-30(26)38-40/h8-11,14,16,18-20,23,35H,5-7,12-13,15,17H2,1-4H3,(H,37,38). The van der Waals surface area contributed by atoms with E-state index in [1.165, 1.54) is 0 Å². The van der Waals surface area contributed by atoms with Gasteiger partial charge in [0, 0.05) is 48.7 Å². The maximum absolute atomic E-state index is 13.4. The third-order valence-corrected chi connectivity index (χ3v) is 8.35. The highest BCUT2D eigenvalue weighted by Crippen LogP contribution is 2.36. The number of carbonyl (C=O) groups is 1. The molecule has 6 rings (SSSR count). The Bertz CT molecular complexity index is 1730. The van der Waals surface area contributed by atoms with Crippen molar-refractivity contribution in [1.29, 1.82) is 0 Å². The van der Waals surface area contributed by atoms with Crippen LogP contribution in [0, 0.1) is 0 Å². The number of rotatable bonds is 11. The number of nitrogens with zero attached hydrogens (tertiary/aromatic N) is 6. The summed E-state index contributed by atoms with van der Waals surface area (Å²) in [5.41, 5.74) is 3.72. The highest BCUT2D eigenvalue weighted by atomic mass is 16.5. The number of carbonyl (C=O) groups excluding carboxylic acids is 1. The lowest BCUT2D eigenvalue weighted by Crippen LogP contribution is -2.61. The van der Waals surface area contributed by atoms with E-state index >= 15 is 0 Å². The van der Waals surface area contributed by atoms with E-state index in [9.17, 15) is 4.79 Å². The summed E-state index contributed by atoms with van der Waals surface area (Å²) < 4.78 is 18.4. The first kappa shape index (κ1) is 29.4. The van der Waals surface area contributed by atoms with Crippen LogP contribution in [-0.4, -0.2) is 74.2 Å². The SMILES string of the molecule is CCOC(=O)C1(NCc2ccc(OC)nc2)CCN(c2ccc(-c3cc(OCC)cn4nc5[nH]ncc5c34)cn2)C(CC)C1. The highest BCUT2D eigenvalue weighted by molar-refractivity contribution is 6.00. The molecule has 12 nitrogen and oxygen atoms in total. The fourth-order valence-electron chi connectivity index (χ4n) is 6.09. The number of anilines is 1. The summed E-state index contributed by atoms with van der Waals surface area (Å²) in [4.78, 5) is 24.9. The fraction of sp³-hybridized carbons (Fsp3) is 0.406. The smallest absolute Gasteiger partial charge is 0.326 e. The Morgan fingerprint density at radius 3 is 2.70 bits per heavy atom. The maximum Gasteiger partial charge on any atom is 0.326 e. The Hall–Kier alpha value is -4.71. The third kappa shape index (κ3) is 5.52. The molecule has 0 bridgehead atoms. The Kier molecular flexibility index (Phi) is 8.34. The zero-order valence-corrected chi connectivity index (χ0v) is 25.5. The first-order chi connectivity index (χ1) is 21.5. The second kappa shape index (κ2) is 12.5. The van der Waals surface area contributed by atoms with Gasteiger partial charge < -0.3 is 19.1 Å². The van der Waals surface area contributed by atoms with Crippen molar-refractivity contribution in [3.63, 3.8) is 0 Å². The Balaban J connectivity index is 1.26. The molecule has 0 amide bonds. The topological polar surface area (TPSA) is 132 Å². The number of piperidine rings is 1. The zero-order chi connectivity index (χ0) is 30.7. The number of pyridine rings is 3. The molecule has 6 heterocycles. The van der Waals surface area contributed by atoms with Crippen molar-refractivity contribution in [2.24, 2.45) is 0 Å². The highest BCUT2D eigenvalue weighted by Gasteiger charge is 2.46. The summed E-state index contributed by atoms with van der Waals surface area (Å²) in [6.07, 6.45) is 9.36. The van der Waals surface area contributed by atoms with Crippen molar-refractivity contribution < 1.29 is 19.0 Å². The van der Waals surface area contributed by atoms with Crippen molar-refractivity contribution in [2.45, 2.75) is 58.2 Å². The number of aromatic nitrogens is 6. The molecular weight excluding hydrogens is 560 g/mol. The van der Waals surface area contributed by atoms with Gasteiger partial charge in [0.05, 0.1) is 43.6 Å². The second-order valence-corrected chi connectivity index (χ2v) is 10.9. The van der Waals surface area contributed by atoms with Gasteiger partial charge in [-0.1, -0.05) is 13.0 Å². The van der Waals surface area contributed by atoms with Crippen LogP contribution in [0.3, 0.4) is 0 Å². The van der Waals surface area contributed by atoms with Crippen LogP contribution in [0.15, 0.2) is 55.1 Å². The van der Waals surface area contributed by atoms with Gasteiger partial charge in [0.25, 0.3) is 0 Å². The van der Waals surface area contributed by atoms with E-state index in [2.05, 4.69) is 49.6 Å². The van der Waals surface area contributed by atoms with Crippen molar-refractivity contribution in [3.05, 3.63) is 60.7 Å². The number of H-pyrrole nitrogens is 1. The van der Waals surface area contributed by atoms with Gasteiger partial charge >= 0.3 is 5.97 Å². The summed E-state index contributed by atoms with van der Waals surface area (Å²) in [6.45, 7) is 7.98. The average Bonchev–Trinajstić information content (AvgIpc) is 3.65. The molecular formula is C32H38N8O4.